The molecule has 0 bridgehead atoms. The van der Waals surface area contributed by atoms with Crippen LogP contribution in [0.15, 0.2) is 60.7 Å². The standard InChI is InChI=1S/C29H24Cl2F3N3O2/c1-15(2)36-26-24(35-27(36)18-6-10-21(11-7-18)39-29(32,33)34)28(38)37(23-14-20(31)8-5-16(23)3)25(26)22-12-9-19(30)13-17(22)4/h5-15,25H,1-4H3. The number of imidazole rings is 1. The van der Waals surface area contributed by atoms with Crippen molar-refractivity contribution in [2.45, 2.75) is 46.1 Å². The second-order valence-corrected chi connectivity index (χ2v) is 10.6. The minimum absolute atomic E-state index is 0.134. The van der Waals surface area contributed by atoms with Crippen LogP contribution in [0.25, 0.3) is 11.4 Å². The lowest BCUT2D eigenvalue weighted by Crippen LogP contribution is -2.31. The van der Waals surface area contributed by atoms with Gasteiger partial charge in [-0.15, -0.1) is 13.2 Å². The summed E-state index contributed by atoms with van der Waals surface area (Å²) in [4.78, 5) is 20.6. The summed E-state index contributed by atoms with van der Waals surface area (Å²) in [7, 11) is 0. The number of aromatic nitrogens is 2. The number of nitrogens with zero attached hydrogens (tertiary/aromatic N) is 3. The van der Waals surface area contributed by atoms with Gasteiger partial charge in [-0.3, -0.25) is 9.69 Å². The van der Waals surface area contributed by atoms with Crippen LogP contribution in [0.2, 0.25) is 10.0 Å². The van der Waals surface area contributed by atoms with Crippen molar-refractivity contribution in [3.8, 4) is 17.1 Å². The van der Waals surface area contributed by atoms with Crippen molar-refractivity contribution >= 4 is 34.8 Å². The van der Waals surface area contributed by atoms with Crippen LogP contribution in [0.3, 0.4) is 0 Å². The lowest BCUT2D eigenvalue weighted by molar-refractivity contribution is -0.274. The van der Waals surface area contributed by atoms with Crippen LogP contribution in [-0.2, 0) is 0 Å². The summed E-state index contributed by atoms with van der Waals surface area (Å²) < 4.78 is 44.0. The number of rotatable bonds is 5. The van der Waals surface area contributed by atoms with Gasteiger partial charge in [0.25, 0.3) is 5.91 Å². The minimum Gasteiger partial charge on any atom is -0.406 e. The molecule has 5 nitrogen and oxygen atoms in total. The maximum atomic E-state index is 14.1. The molecule has 4 aromatic rings. The van der Waals surface area contributed by atoms with Crippen LogP contribution < -0.4 is 9.64 Å². The van der Waals surface area contributed by atoms with Crippen molar-refractivity contribution in [3.05, 3.63) is 98.8 Å². The Morgan fingerprint density at radius 1 is 0.923 bits per heavy atom. The van der Waals surface area contributed by atoms with Crippen LogP contribution in [0.4, 0.5) is 18.9 Å². The van der Waals surface area contributed by atoms with Crippen molar-refractivity contribution in [2.24, 2.45) is 0 Å². The molecule has 1 aromatic heterocycles. The lowest BCUT2D eigenvalue weighted by Gasteiger charge is -2.30. The molecule has 1 atom stereocenters. The van der Waals surface area contributed by atoms with E-state index in [1.165, 1.54) is 24.3 Å². The van der Waals surface area contributed by atoms with Crippen molar-refractivity contribution in [1.82, 2.24) is 9.55 Å². The van der Waals surface area contributed by atoms with Gasteiger partial charge in [-0.05, 0) is 92.9 Å². The zero-order valence-corrected chi connectivity index (χ0v) is 23.0. The Bertz CT molecular complexity index is 1580. The molecule has 3 aromatic carbocycles. The number of fused-ring (bicyclic) bond motifs is 1. The minimum atomic E-state index is -4.79. The summed E-state index contributed by atoms with van der Waals surface area (Å²) in [5.41, 5.74) is 4.80. The van der Waals surface area contributed by atoms with E-state index in [9.17, 15) is 18.0 Å². The van der Waals surface area contributed by atoms with Gasteiger partial charge in [-0.25, -0.2) is 4.98 Å². The first-order valence-electron chi connectivity index (χ1n) is 12.2. The van der Waals surface area contributed by atoms with Gasteiger partial charge < -0.3 is 9.30 Å². The summed E-state index contributed by atoms with van der Waals surface area (Å²) >= 11 is 12.6. The summed E-state index contributed by atoms with van der Waals surface area (Å²) in [6.45, 7) is 7.78. The molecule has 0 fully saturated rings. The number of carbonyl (C=O) groups excluding carboxylic acids is 1. The first kappa shape index (κ1) is 27.1. The van der Waals surface area contributed by atoms with E-state index in [2.05, 4.69) is 4.74 Å². The SMILES string of the molecule is Cc1cc(Cl)ccc1C1c2c(nc(-c3ccc(OC(F)(F)F)cc3)n2C(C)C)C(=O)N1c1cc(Cl)ccc1C. The molecule has 2 heterocycles. The number of alkyl halides is 3. The third-order valence-corrected chi connectivity index (χ3v) is 7.18. The molecule has 1 unspecified atom stereocenters. The van der Waals surface area contributed by atoms with E-state index in [0.717, 1.165) is 16.7 Å². The highest BCUT2D eigenvalue weighted by Gasteiger charge is 2.45. The van der Waals surface area contributed by atoms with E-state index in [-0.39, 0.29) is 23.4 Å². The smallest absolute Gasteiger partial charge is 0.406 e. The van der Waals surface area contributed by atoms with Crippen molar-refractivity contribution < 1.29 is 22.7 Å². The molecule has 202 valence electrons. The molecule has 0 saturated heterocycles. The van der Waals surface area contributed by atoms with E-state index in [4.69, 9.17) is 28.2 Å². The summed E-state index contributed by atoms with van der Waals surface area (Å²) in [6.07, 6.45) is -4.79. The van der Waals surface area contributed by atoms with Crippen molar-refractivity contribution in [3.63, 3.8) is 0 Å². The number of hydrogen-bond acceptors (Lipinski definition) is 3. The molecular formula is C29H24Cl2F3N3O2. The van der Waals surface area contributed by atoms with Gasteiger partial charge in [0.1, 0.15) is 17.6 Å². The fourth-order valence-electron chi connectivity index (χ4n) is 5.07. The zero-order valence-electron chi connectivity index (χ0n) is 21.5. The topological polar surface area (TPSA) is 47.4 Å². The normalized spacial score (nSPS) is 15.3. The van der Waals surface area contributed by atoms with Gasteiger partial charge in [-0.1, -0.05) is 35.3 Å². The molecule has 5 rings (SSSR count). The molecule has 0 N–H and O–H groups in total. The average molecular weight is 574 g/mol. The molecule has 1 aliphatic rings. The molecule has 10 heteroatoms. The highest BCUT2D eigenvalue weighted by atomic mass is 35.5. The number of ether oxygens (including phenoxy) is 1. The zero-order chi connectivity index (χ0) is 28.2. The van der Waals surface area contributed by atoms with E-state index in [1.807, 2.05) is 50.5 Å². The van der Waals surface area contributed by atoms with Crippen LogP contribution in [0, 0.1) is 13.8 Å². The highest BCUT2D eigenvalue weighted by Crippen LogP contribution is 2.46. The van der Waals surface area contributed by atoms with Crippen LogP contribution in [-0.4, -0.2) is 21.8 Å². The van der Waals surface area contributed by atoms with Gasteiger partial charge in [-0.2, -0.15) is 0 Å². The Hall–Kier alpha value is -3.49. The van der Waals surface area contributed by atoms with E-state index < -0.39 is 12.4 Å². The Labute approximate surface area is 233 Å². The van der Waals surface area contributed by atoms with Gasteiger partial charge in [0, 0.05) is 27.3 Å². The molecule has 0 saturated carbocycles. The molecule has 0 aliphatic carbocycles. The quantitative estimate of drug-likeness (QED) is 0.240. The average Bonchev–Trinajstić information content (AvgIpc) is 3.36. The summed E-state index contributed by atoms with van der Waals surface area (Å²) in [6, 6.07) is 15.7. The van der Waals surface area contributed by atoms with Crippen LogP contribution >= 0.6 is 23.2 Å². The largest absolute Gasteiger partial charge is 0.573 e. The number of benzene rings is 3. The second-order valence-electron chi connectivity index (χ2n) is 9.71. The molecule has 1 amide bonds. The maximum Gasteiger partial charge on any atom is 0.573 e. The van der Waals surface area contributed by atoms with Crippen molar-refractivity contribution in [2.75, 3.05) is 4.90 Å². The van der Waals surface area contributed by atoms with Gasteiger partial charge in [0.05, 0.1) is 5.69 Å². The van der Waals surface area contributed by atoms with Crippen LogP contribution in [0.1, 0.15) is 58.8 Å². The molecule has 0 radical (unpaired) electrons. The molecular weight excluding hydrogens is 550 g/mol. The maximum absolute atomic E-state index is 14.1. The lowest BCUT2D eigenvalue weighted by atomic mass is 9.97. The Kier molecular flexibility index (Phi) is 6.89. The van der Waals surface area contributed by atoms with Gasteiger partial charge in [0.15, 0.2) is 5.69 Å². The first-order valence-corrected chi connectivity index (χ1v) is 13.0. The number of anilines is 1. The number of aryl methyl sites for hydroxylation is 2. The predicted octanol–water partition coefficient (Wildman–Crippen LogP) is 8.70. The second kappa shape index (κ2) is 9.92. The monoisotopic (exact) mass is 573 g/mol. The third kappa shape index (κ3) is 4.99. The molecule has 0 spiro atoms. The Morgan fingerprint density at radius 2 is 1.56 bits per heavy atom. The predicted molar refractivity (Wildman–Crippen MR) is 146 cm³/mol. The molecule has 39 heavy (non-hydrogen) atoms. The molecule has 1 aliphatic heterocycles. The Balaban J connectivity index is 1.72. The first-order chi connectivity index (χ1) is 18.4. The fourth-order valence-corrected chi connectivity index (χ4v) is 5.47. The fraction of sp³-hybridized carbons (Fsp3) is 0.241. The van der Waals surface area contributed by atoms with E-state index in [0.29, 0.717) is 32.8 Å². The number of halogens is 5. The Morgan fingerprint density at radius 3 is 2.18 bits per heavy atom. The van der Waals surface area contributed by atoms with Gasteiger partial charge >= 0.3 is 6.36 Å². The number of carbonyl (C=O) groups is 1. The van der Waals surface area contributed by atoms with E-state index >= 15 is 0 Å². The summed E-state index contributed by atoms with van der Waals surface area (Å²) in [5.74, 6) is -0.164. The van der Waals surface area contributed by atoms with E-state index in [1.54, 1.807) is 23.1 Å². The van der Waals surface area contributed by atoms with Crippen LogP contribution in [0.5, 0.6) is 5.75 Å². The third-order valence-electron chi connectivity index (χ3n) is 6.71. The number of hydrogen-bond donors (Lipinski definition) is 0. The summed E-state index contributed by atoms with van der Waals surface area (Å²) in [5, 5.41) is 1.07. The van der Waals surface area contributed by atoms with Gasteiger partial charge in [0.2, 0.25) is 0 Å². The van der Waals surface area contributed by atoms with Crippen molar-refractivity contribution in [1.29, 1.82) is 0 Å². The highest BCUT2D eigenvalue weighted by molar-refractivity contribution is 6.31. The number of amides is 1.